The van der Waals surface area contributed by atoms with E-state index in [9.17, 15) is 4.79 Å². The Morgan fingerprint density at radius 3 is 2.70 bits per heavy atom. The minimum Gasteiger partial charge on any atom is -0.299 e. The maximum Gasteiger partial charge on any atom is 0.140 e. The van der Waals surface area contributed by atoms with Gasteiger partial charge in [0.15, 0.2) is 0 Å². The summed E-state index contributed by atoms with van der Waals surface area (Å²) in [5, 5.41) is 0. The van der Waals surface area contributed by atoms with Crippen LogP contribution in [0.1, 0.15) is 57.4 Å². The molecule has 0 aliphatic heterocycles. The predicted octanol–water partition coefficient (Wildman–Crippen LogP) is 4.95. The van der Waals surface area contributed by atoms with Crippen LogP contribution >= 0.6 is 15.9 Å². The van der Waals surface area contributed by atoms with Crippen molar-refractivity contribution >= 4 is 21.7 Å². The lowest BCUT2D eigenvalue weighted by molar-refractivity contribution is -0.123. The molecule has 20 heavy (non-hydrogen) atoms. The van der Waals surface area contributed by atoms with Crippen molar-refractivity contribution in [3.05, 3.63) is 28.5 Å². The smallest absolute Gasteiger partial charge is 0.140 e. The van der Waals surface area contributed by atoms with E-state index in [-0.39, 0.29) is 5.92 Å². The van der Waals surface area contributed by atoms with Gasteiger partial charge < -0.3 is 0 Å². The SMILES string of the molecule is CCCCC1CCC(C(=O)Cc2cncc(Br)c2)CC1. The third kappa shape index (κ3) is 4.69. The van der Waals surface area contributed by atoms with E-state index in [1.54, 1.807) is 12.4 Å². The van der Waals surface area contributed by atoms with Crippen molar-refractivity contribution in [1.29, 1.82) is 0 Å². The molecule has 0 bridgehead atoms. The van der Waals surface area contributed by atoms with Crippen LogP contribution in [0.25, 0.3) is 0 Å². The quantitative estimate of drug-likeness (QED) is 0.734. The molecule has 0 radical (unpaired) electrons. The maximum atomic E-state index is 12.4. The third-order valence-electron chi connectivity index (χ3n) is 4.41. The highest BCUT2D eigenvalue weighted by atomic mass is 79.9. The Morgan fingerprint density at radius 1 is 1.30 bits per heavy atom. The monoisotopic (exact) mass is 337 g/mol. The summed E-state index contributed by atoms with van der Waals surface area (Å²) < 4.78 is 0.950. The topological polar surface area (TPSA) is 30.0 Å². The van der Waals surface area contributed by atoms with E-state index < -0.39 is 0 Å². The molecule has 0 spiro atoms. The number of Topliss-reactive ketones (excluding diaryl/α,β-unsaturated/α-hetero) is 1. The Labute approximate surface area is 130 Å². The molecule has 2 rings (SSSR count). The zero-order valence-electron chi connectivity index (χ0n) is 12.3. The van der Waals surface area contributed by atoms with Gasteiger partial charge in [0.2, 0.25) is 0 Å². The second-order valence-electron chi connectivity index (χ2n) is 6.01. The molecule has 1 aliphatic rings. The number of hydrogen-bond donors (Lipinski definition) is 0. The highest BCUT2D eigenvalue weighted by Crippen LogP contribution is 2.32. The molecule has 0 aromatic carbocycles. The second kappa shape index (κ2) is 7.92. The van der Waals surface area contributed by atoms with Gasteiger partial charge in [-0.3, -0.25) is 9.78 Å². The van der Waals surface area contributed by atoms with E-state index in [1.165, 1.54) is 32.1 Å². The number of unbranched alkanes of at least 4 members (excludes halogenated alkanes) is 1. The molecule has 1 fully saturated rings. The van der Waals surface area contributed by atoms with Gasteiger partial charge in [-0.1, -0.05) is 26.2 Å². The zero-order valence-corrected chi connectivity index (χ0v) is 13.9. The van der Waals surface area contributed by atoms with Crippen molar-refractivity contribution in [2.45, 2.75) is 58.3 Å². The molecule has 1 aliphatic carbocycles. The van der Waals surface area contributed by atoms with Crippen LogP contribution in [0.5, 0.6) is 0 Å². The Bertz CT molecular complexity index is 438. The van der Waals surface area contributed by atoms with E-state index in [1.807, 2.05) is 6.07 Å². The first-order valence-corrected chi connectivity index (χ1v) is 8.60. The molecule has 0 amide bonds. The molecule has 2 nitrogen and oxygen atoms in total. The van der Waals surface area contributed by atoms with E-state index in [2.05, 4.69) is 27.8 Å². The van der Waals surface area contributed by atoms with Crippen LogP contribution in [-0.4, -0.2) is 10.8 Å². The van der Waals surface area contributed by atoms with E-state index in [4.69, 9.17) is 0 Å². The fraction of sp³-hybridized carbons (Fsp3) is 0.647. The molecule has 0 atom stereocenters. The Kier molecular flexibility index (Phi) is 6.21. The number of nitrogens with zero attached hydrogens (tertiary/aromatic N) is 1. The molecular formula is C17H24BrNO. The largest absolute Gasteiger partial charge is 0.299 e. The van der Waals surface area contributed by atoms with Gasteiger partial charge in [-0.15, -0.1) is 0 Å². The van der Waals surface area contributed by atoms with Crippen molar-refractivity contribution in [1.82, 2.24) is 4.98 Å². The molecule has 1 heterocycles. The number of ketones is 1. The first kappa shape index (κ1) is 15.7. The summed E-state index contributed by atoms with van der Waals surface area (Å²) in [6.07, 6.45) is 12.7. The number of carbonyl (C=O) groups is 1. The first-order chi connectivity index (χ1) is 9.69. The summed E-state index contributed by atoms with van der Waals surface area (Å²) in [6.45, 7) is 2.25. The highest BCUT2D eigenvalue weighted by Gasteiger charge is 2.25. The number of rotatable bonds is 6. The lowest BCUT2D eigenvalue weighted by Gasteiger charge is -2.27. The number of halogens is 1. The number of aromatic nitrogens is 1. The van der Waals surface area contributed by atoms with Crippen molar-refractivity contribution in [3.8, 4) is 0 Å². The lowest BCUT2D eigenvalue weighted by Crippen LogP contribution is -2.23. The van der Waals surface area contributed by atoms with Crippen molar-refractivity contribution in [3.63, 3.8) is 0 Å². The normalized spacial score (nSPS) is 22.7. The summed E-state index contributed by atoms with van der Waals surface area (Å²) in [4.78, 5) is 16.5. The molecule has 0 N–H and O–H groups in total. The average Bonchev–Trinajstić information content (AvgIpc) is 2.45. The van der Waals surface area contributed by atoms with Gasteiger partial charge >= 0.3 is 0 Å². The van der Waals surface area contributed by atoms with Crippen molar-refractivity contribution < 1.29 is 4.79 Å². The van der Waals surface area contributed by atoms with Gasteiger partial charge in [-0.25, -0.2) is 0 Å². The lowest BCUT2D eigenvalue weighted by atomic mass is 9.77. The molecule has 3 heteroatoms. The van der Waals surface area contributed by atoms with Gasteiger partial charge in [0.25, 0.3) is 0 Å². The summed E-state index contributed by atoms with van der Waals surface area (Å²) >= 11 is 3.41. The molecule has 1 aromatic rings. The van der Waals surface area contributed by atoms with E-state index in [0.717, 1.165) is 28.8 Å². The fourth-order valence-corrected chi connectivity index (χ4v) is 3.58. The summed E-state index contributed by atoms with van der Waals surface area (Å²) in [5.74, 6) is 1.55. The van der Waals surface area contributed by atoms with E-state index in [0.29, 0.717) is 12.2 Å². The van der Waals surface area contributed by atoms with Crippen LogP contribution in [0.3, 0.4) is 0 Å². The van der Waals surface area contributed by atoms with Crippen LogP contribution in [0.2, 0.25) is 0 Å². The Balaban J connectivity index is 1.80. The molecule has 1 aromatic heterocycles. The van der Waals surface area contributed by atoms with Crippen molar-refractivity contribution in [2.24, 2.45) is 11.8 Å². The number of carbonyl (C=O) groups excluding carboxylic acids is 1. The summed E-state index contributed by atoms with van der Waals surface area (Å²) in [6, 6.07) is 2.00. The molecule has 110 valence electrons. The highest BCUT2D eigenvalue weighted by molar-refractivity contribution is 9.10. The van der Waals surface area contributed by atoms with Gasteiger partial charge in [0.05, 0.1) is 0 Å². The van der Waals surface area contributed by atoms with Gasteiger partial charge in [0.1, 0.15) is 5.78 Å². The summed E-state index contributed by atoms with van der Waals surface area (Å²) in [5.41, 5.74) is 1.03. The maximum absolute atomic E-state index is 12.4. The third-order valence-corrected chi connectivity index (χ3v) is 4.84. The van der Waals surface area contributed by atoms with E-state index >= 15 is 0 Å². The summed E-state index contributed by atoms with van der Waals surface area (Å²) in [7, 11) is 0. The molecule has 0 unspecified atom stereocenters. The molecular weight excluding hydrogens is 314 g/mol. The molecule has 1 saturated carbocycles. The molecule has 0 saturated heterocycles. The minimum absolute atomic E-state index is 0.284. The van der Waals surface area contributed by atoms with Gasteiger partial charge in [-0.05, 0) is 59.2 Å². The average molecular weight is 338 g/mol. The predicted molar refractivity (Wildman–Crippen MR) is 85.6 cm³/mol. The number of hydrogen-bond acceptors (Lipinski definition) is 2. The fourth-order valence-electron chi connectivity index (χ4n) is 3.16. The Morgan fingerprint density at radius 2 is 2.05 bits per heavy atom. The van der Waals surface area contributed by atoms with Gasteiger partial charge in [-0.2, -0.15) is 0 Å². The van der Waals surface area contributed by atoms with Gasteiger partial charge in [0, 0.05) is 29.2 Å². The van der Waals surface area contributed by atoms with Crippen molar-refractivity contribution in [2.75, 3.05) is 0 Å². The van der Waals surface area contributed by atoms with Crippen LogP contribution in [0.4, 0.5) is 0 Å². The standard InChI is InChI=1S/C17H24BrNO/c1-2-3-4-13-5-7-15(8-6-13)17(20)10-14-9-16(18)12-19-11-14/h9,11-13,15H,2-8,10H2,1H3. The van der Waals surface area contributed by atoms with Crippen LogP contribution < -0.4 is 0 Å². The van der Waals surface area contributed by atoms with Crippen LogP contribution in [-0.2, 0) is 11.2 Å². The second-order valence-corrected chi connectivity index (χ2v) is 6.93. The van der Waals surface area contributed by atoms with Crippen LogP contribution in [0.15, 0.2) is 22.9 Å². The van der Waals surface area contributed by atoms with Crippen LogP contribution in [0, 0.1) is 11.8 Å². The Hall–Kier alpha value is -0.700. The number of pyridine rings is 1. The minimum atomic E-state index is 0.284. The first-order valence-electron chi connectivity index (χ1n) is 7.81. The zero-order chi connectivity index (χ0) is 14.4.